The zero-order valence-corrected chi connectivity index (χ0v) is 27.0. The lowest BCUT2D eigenvalue weighted by molar-refractivity contribution is -0.139. The Labute approximate surface area is 265 Å². The van der Waals surface area contributed by atoms with Gasteiger partial charge in [0.05, 0.1) is 16.8 Å². The minimum atomic E-state index is -0.592. The van der Waals surface area contributed by atoms with Gasteiger partial charge in [-0.25, -0.2) is 4.79 Å². The van der Waals surface area contributed by atoms with Gasteiger partial charge in [-0.2, -0.15) is 0 Å². The highest BCUT2D eigenvalue weighted by Crippen LogP contribution is 2.42. The fraction of sp³-hybridized carbons (Fsp3) is 0.469. The normalized spacial score (nSPS) is 16.1. The molecule has 0 atom stereocenters. The monoisotopic (exact) mass is 640 g/mol. The predicted octanol–water partition coefficient (Wildman–Crippen LogP) is 5.86. The van der Waals surface area contributed by atoms with Crippen LogP contribution in [0.25, 0.3) is 21.3 Å². The average Bonchev–Trinajstić information content (AvgIpc) is 3.51. The first-order valence-electron chi connectivity index (χ1n) is 14.8. The van der Waals surface area contributed by atoms with Crippen LogP contribution in [0.15, 0.2) is 30.5 Å². The van der Waals surface area contributed by atoms with Crippen molar-refractivity contribution in [1.29, 1.82) is 0 Å². The number of amides is 4. The smallest absolute Gasteiger partial charge is 0.407 e. The average molecular weight is 641 g/mol. The molecule has 4 heterocycles. The van der Waals surface area contributed by atoms with Gasteiger partial charge in [-0.15, -0.1) is 11.3 Å². The van der Waals surface area contributed by atoms with E-state index in [9.17, 15) is 19.2 Å². The van der Waals surface area contributed by atoms with Gasteiger partial charge in [0.1, 0.15) is 17.5 Å². The Kier molecular flexibility index (Phi) is 9.45. The second-order valence-electron chi connectivity index (χ2n) is 12.1. The number of pyridine rings is 1. The number of fused-ring (bicyclic) bond motifs is 1. The van der Waals surface area contributed by atoms with E-state index in [2.05, 4.69) is 10.3 Å². The van der Waals surface area contributed by atoms with Gasteiger partial charge >= 0.3 is 6.09 Å². The summed E-state index contributed by atoms with van der Waals surface area (Å²) in [6, 6.07) is 7.62. The van der Waals surface area contributed by atoms with Crippen LogP contribution < -0.4 is 10.1 Å². The molecule has 234 valence electrons. The molecule has 2 fully saturated rings. The standard InChI is InChI=1S/C32H37ClN4O6S/c1-19-15-20(33)16-24(23-7-11-34-25-17-22(44-30(23)25)18-37-27(39)5-6-28(37)40)29(19)42-21-9-13-36(14-10-21)26(38)8-12-35-31(41)43-32(2,3)4/h7,11,15-17,21H,5-6,8-10,12-14,18H2,1-4H3,(H,35,41). The molecule has 2 aliphatic heterocycles. The fourth-order valence-corrected chi connectivity index (χ4v) is 6.86. The number of benzene rings is 1. The number of nitrogens with one attached hydrogen (secondary N) is 1. The van der Waals surface area contributed by atoms with Crippen LogP contribution >= 0.6 is 22.9 Å². The second kappa shape index (κ2) is 13.1. The Hall–Kier alpha value is -3.70. The van der Waals surface area contributed by atoms with Crippen molar-refractivity contribution in [2.24, 2.45) is 0 Å². The lowest BCUT2D eigenvalue weighted by Crippen LogP contribution is -2.43. The summed E-state index contributed by atoms with van der Waals surface area (Å²) in [5.41, 5.74) is 2.84. The Morgan fingerprint density at radius 3 is 2.48 bits per heavy atom. The van der Waals surface area contributed by atoms with Crippen LogP contribution in [-0.2, 0) is 25.7 Å². The van der Waals surface area contributed by atoms with Crippen molar-refractivity contribution in [2.45, 2.75) is 78.0 Å². The second-order valence-corrected chi connectivity index (χ2v) is 13.7. The Morgan fingerprint density at radius 2 is 1.80 bits per heavy atom. The number of rotatable bonds is 8. The fourth-order valence-electron chi connectivity index (χ4n) is 5.45. The Bertz CT molecular complexity index is 1580. The third kappa shape index (κ3) is 7.50. The number of carbonyl (C=O) groups excluding carboxylic acids is 4. The maximum Gasteiger partial charge on any atom is 0.407 e. The van der Waals surface area contributed by atoms with Gasteiger partial charge in [0.2, 0.25) is 17.7 Å². The van der Waals surface area contributed by atoms with Crippen molar-refractivity contribution in [3.63, 3.8) is 0 Å². The van der Waals surface area contributed by atoms with E-state index < -0.39 is 11.7 Å². The molecule has 3 aromatic rings. The van der Waals surface area contributed by atoms with Crippen molar-refractivity contribution in [3.8, 4) is 16.9 Å². The van der Waals surface area contributed by atoms with Crippen LogP contribution in [-0.4, -0.2) is 69.9 Å². The number of hydrogen-bond donors (Lipinski definition) is 1. The number of nitrogens with zero attached hydrogens (tertiary/aromatic N) is 3. The van der Waals surface area contributed by atoms with Crippen LogP contribution in [0, 0.1) is 6.92 Å². The summed E-state index contributed by atoms with van der Waals surface area (Å²) in [6.07, 6.45) is 3.16. The van der Waals surface area contributed by atoms with Gasteiger partial charge < -0.3 is 19.7 Å². The van der Waals surface area contributed by atoms with E-state index in [4.69, 9.17) is 21.1 Å². The molecule has 0 spiro atoms. The molecule has 0 radical (unpaired) electrons. The molecule has 2 aliphatic rings. The summed E-state index contributed by atoms with van der Waals surface area (Å²) in [5, 5.41) is 3.22. The van der Waals surface area contributed by atoms with Crippen LogP contribution in [0.1, 0.15) is 63.3 Å². The maximum absolute atomic E-state index is 12.8. The molecular weight excluding hydrogens is 604 g/mol. The van der Waals surface area contributed by atoms with Crippen LogP contribution in [0.4, 0.5) is 4.79 Å². The third-order valence-corrected chi connectivity index (χ3v) is 8.91. The van der Waals surface area contributed by atoms with E-state index in [0.29, 0.717) is 31.0 Å². The highest BCUT2D eigenvalue weighted by Gasteiger charge is 2.30. The summed E-state index contributed by atoms with van der Waals surface area (Å²) >= 11 is 8.04. The topological polar surface area (TPSA) is 118 Å². The highest BCUT2D eigenvalue weighted by molar-refractivity contribution is 7.19. The van der Waals surface area contributed by atoms with Crippen molar-refractivity contribution < 1.29 is 28.7 Å². The molecule has 1 N–H and O–H groups in total. The molecule has 2 aromatic heterocycles. The van der Waals surface area contributed by atoms with Crippen molar-refractivity contribution in [2.75, 3.05) is 19.6 Å². The molecule has 0 unspecified atom stereocenters. The molecular formula is C32H37ClN4O6S. The Morgan fingerprint density at radius 1 is 1.09 bits per heavy atom. The molecule has 44 heavy (non-hydrogen) atoms. The number of imide groups is 1. The molecule has 5 rings (SSSR count). The molecule has 1 aromatic carbocycles. The number of hydrogen-bond acceptors (Lipinski definition) is 8. The maximum atomic E-state index is 12.8. The zero-order valence-electron chi connectivity index (χ0n) is 25.4. The lowest BCUT2D eigenvalue weighted by Gasteiger charge is -2.33. The first-order chi connectivity index (χ1) is 20.9. The lowest BCUT2D eigenvalue weighted by atomic mass is 10.0. The quantitative estimate of drug-likeness (QED) is 0.307. The number of alkyl carbamates (subject to hydrolysis) is 1. The van der Waals surface area contributed by atoms with Gasteiger partial charge in [-0.05, 0) is 57.5 Å². The highest BCUT2D eigenvalue weighted by atomic mass is 35.5. The SMILES string of the molecule is Cc1cc(Cl)cc(-c2ccnc3cc(CN4C(=O)CCC4=O)sc23)c1OC1CCN(C(=O)CCNC(=O)OC(C)(C)C)CC1. The number of thiophene rings is 1. The van der Waals surface area contributed by atoms with E-state index in [1.54, 1.807) is 27.0 Å². The van der Waals surface area contributed by atoms with Crippen molar-refractivity contribution in [1.82, 2.24) is 20.1 Å². The molecule has 2 saturated heterocycles. The minimum Gasteiger partial charge on any atom is -0.489 e. The molecule has 10 nitrogen and oxygen atoms in total. The predicted molar refractivity (Wildman–Crippen MR) is 169 cm³/mol. The van der Waals surface area contributed by atoms with E-state index in [-0.39, 0.29) is 56.2 Å². The number of likely N-dealkylation sites (tertiary alicyclic amines) is 2. The summed E-state index contributed by atoms with van der Waals surface area (Å²) in [6.45, 7) is 8.90. The zero-order chi connectivity index (χ0) is 31.6. The minimum absolute atomic E-state index is 0.0205. The summed E-state index contributed by atoms with van der Waals surface area (Å²) in [4.78, 5) is 57.6. The van der Waals surface area contributed by atoms with Crippen LogP contribution in [0.3, 0.4) is 0 Å². The van der Waals surface area contributed by atoms with Crippen molar-refractivity contribution >= 4 is 57.0 Å². The van der Waals surface area contributed by atoms with E-state index in [0.717, 1.165) is 37.5 Å². The van der Waals surface area contributed by atoms with E-state index >= 15 is 0 Å². The van der Waals surface area contributed by atoms with E-state index in [1.165, 1.54) is 16.2 Å². The first kappa shape index (κ1) is 31.7. The number of carbonyl (C=O) groups is 4. The first-order valence-corrected chi connectivity index (χ1v) is 16.0. The van der Waals surface area contributed by atoms with Crippen molar-refractivity contribution in [3.05, 3.63) is 45.9 Å². The van der Waals surface area contributed by atoms with Gasteiger partial charge in [0.25, 0.3) is 0 Å². The van der Waals surface area contributed by atoms with Gasteiger partial charge in [-0.1, -0.05) is 11.6 Å². The Balaban J connectivity index is 1.26. The summed E-state index contributed by atoms with van der Waals surface area (Å²) < 4.78 is 12.8. The molecule has 0 aliphatic carbocycles. The van der Waals surface area contributed by atoms with Crippen LogP contribution in [0.5, 0.6) is 5.75 Å². The summed E-state index contributed by atoms with van der Waals surface area (Å²) in [7, 11) is 0. The molecule has 0 bridgehead atoms. The molecule has 4 amide bonds. The molecule has 0 saturated carbocycles. The number of aromatic nitrogens is 1. The number of aryl methyl sites for hydroxylation is 1. The molecule has 12 heteroatoms. The summed E-state index contributed by atoms with van der Waals surface area (Å²) in [5.74, 6) is 0.417. The van der Waals surface area contributed by atoms with E-state index in [1.807, 2.05) is 36.1 Å². The third-order valence-electron chi connectivity index (χ3n) is 7.55. The largest absolute Gasteiger partial charge is 0.489 e. The van der Waals surface area contributed by atoms with Gasteiger partial charge in [0.15, 0.2) is 0 Å². The number of piperidine rings is 1. The van der Waals surface area contributed by atoms with Gasteiger partial charge in [0, 0.05) is 79.0 Å². The number of ether oxygens (including phenoxy) is 2. The number of halogens is 1. The van der Waals surface area contributed by atoms with Gasteiger partial charge in [-0.3, -0.25) is 24.3 Å². The van der Waals surface area contributed by atoms with Crippen LogP contribution in [0.2, 0.25) is 5.02 Å².